The molecule has 0 aromatic heterocycles. The lowest BCUT2D eigenvalue weighted by atomic mass is 10.2. The fourth-order valence-corrected chi connectivity index (χ4v) is 1.88. The molecule has 4 heteroatoms. The van der Waals surface area contributed by atoms with Gasteiger partial charge in [0.2, 0.25) is 0 Å². The minimum Gasteiger partial charge on any atom is -0.480 e. The molecule has 0 amide bonds. The monoisotopic (exact) mass is 300 g/mol. The summed E-state index contributed by atoms with van der Waals surface area (Å²) >= 11 is 3.38. The Kier molecular flexibility index (Phi) is 4.57. The van der Waals surface area contributed by atoms with Crippen molar-refractivity contribution in [2.75, 3.05) is 6.61 Å². The van der Waals surface area contributed by atoms with E-state index in [0.717, 1.165) is 10.0 Å². The first kappa shape index (κ1) is 14.0. The molecule has 0 aliphatic rings. The van der Waals surface area contributed by atoms with Crippen LogP contribution in [0.3, 0.4) is 0 Å². The molecule has 0 heterocycles. The molecule has 0 saturated heterocycles. The zero-order valence-electron chi connectivity index (χ0n) is 10.5. The molecule has 0 radical (unpaired) electrons. The Morgan fingerprint density at radius 3 is 2.53 bits per heavy atom. The molecule has 1 aromatic rings. The van der Waals surface area contributed by atoms with Crippen LogP contribution in [0.25, 0.3) is 0 Å². The maximum Gasteiger partial charge on any atom is 0.344 e. The van der Waals surface area contributed by atoms with Gasteiger partial charge in [0.25, 0.3) is 0 Å². The molecule has 94 valence electrons. The summed E-state index contributed by atoms with van der Waals surface area (Å²) in [6.45, 7) is 7.33. The van der Waals surface area contributed by atoms with Crippen LogP contribution in [0, 0.1) is 6.92 Å². The van der Waals surface area contributed by atoms with E-state index < -0.39 is 5.60 Å². The molecule has 0 N–H and O–H groups in total. The second-order valence-corrected chi connectivity index (χ2v) is 5.62. The molecule has 0 bridgehead atoms. The van der Waals surface area contributed by atoms with Crippen molar-refractivity contribution in [3.8, 4) is 5.75 Å². The Labute approximate surface area is 110 Å². The summed E-state index contributed by atoms with van der Waals surface area (Å²) in [7, 11) is 0. The number of hydrogen-bond donors (Lipinski definition) is 0. The fourth-order valence-electron chi connectivity index (χ4n) is 1.30. The lowest BCUT2D eigenvalue weighted by Gasteiger charge is -2.19. The number of carbonyl (C=O) groups is 1. The van der Waals surface area contributed by atoms with Gasteiger partial charge in [0.15, 0.2) is 6.61 Å². The number of benzene rings is 1. The van der Waals surface area contributed by atoms with Crippen LogP contribution >= 0.6 is 15.9 Å². The summed E-state index contributed by atoms with van der Waals surface area (Å²) in [5.41, 5.74) is 0.492. The molecule has 0 spiro atoms. The molecule has 3 nitrogen and oxygen atoms in total. The van der Waals surface area contributed by atoms with Crippen LogP contribution in [-0.4, -0.2) is 18.2 Å². The van der Waals surface area contributed by atoms with Crippen molar-refractivity contribution in [1.82, 2.24) is 0 Å². The summed E-state index contributed by atoms with van der Waals surface area (Å²) in [6.07, 6.45) is 0. The first-order valence-electron chi connectivity index (χ1n) is 5.39. The topological polar surface area (TPSA) is 35.5 Å². The maximum atomic E-state index is 11.5. The Balaban J connectivity index is 2.59. The largest absolute Gasteiger partial charge is 0.480 e. The van der Waals surface area contributed by atoms with Crippen molar-refractivity contribution >= 4 is 21.9 Å². The van der Waals surface area contributed by atoms with Gasteiger partial charge in [0.1, 0.15) is 11.4 Å². The highest BCUT2D eigenvalue weighted by Crippen LogP contribution is 2.28. The third-order valence-electron chi connectivity index (χ3n) is 1.92. The summed E-state index contributed by atoms with van der Waals surface area (Å²) in [4.78, 5) is 11.5. The first-order valence-corrected chi connectivity index (χ1v) is 6.18. The lowest BCUT2D eigenvalue weighted by Crippen LogP contribution is -2.27. The molecule has 1 rings (SSSR count). The number of aryl methyl sites for hydroxylation is 1. The van der Waals surface area contributed by atoms with E-state index in [4.69, 9.17) is 9.47 Å². The highest BCUT2D eigenvalue weighted by molar-refractivity contribution is 9.10. The van der Waals surface area contributed by atoms with Crippen molar-refractivity contribution in [2.24, 2.45) is 0 Å². The highest BCUT2D eigenvalue weighted by Gasteiger charge is 2.17. The van der Waals surface area contributed by atoms with Crippen LogP contribution in [0.15, 0.2) is 22.7 Å². The van der Waals surface area contributed by atoms with E-state index in [1.54, 1.807) is 0 Å². The zero-order chi connectivity index (χ0) is 13.1. The Morgan fingerprint density at radius 2 is 2.00 bits per heavy atom. The summed E-state index contributed by atoms with van der Waals surface area (Å²) in [5, 5.41) is 0. The minimum atomic E-state index is -0.483. The van der Waals surface area contributed by atoms with Gasteiger partial charge in [-0.1, -0.05) is 12.1 Å². The van der Waals surface area contributed by atoms with Crippen LogP contribution in [-0.2, 0) is 9.53 Å². The van der Waals surface area contributed by atoms with E-state index in [1.807, 2.05) is 45.9 Å². The van der Waals surface area contributed by atoms with Gasteiger partial charge in [-0.2, -0.15) is 0 Å². The Morgan fingerprint density at radius 1 is 1.35 bits per heavy atom. The number of esters is 1. The third-order valence-corrected chi connectivity index (χ3v) is 2.54. The third kappa shape index (κ3) is 4.77. The number of hydrogen-bond acceptors (Lipinski definition) is 3. The molecule has 0 aliphatic heterocycles. The van der Waals surface area contributed by atoms with Crippen molar-refractivity contribution in [2.45, 2.75) is 33.3 Å². The second kappa shape index (κ2) is 5.54. The van der Waals surface area contributed by atoms with E-state index in [9.17, 15) is 4.79 Å². The Bertz CT molecular complexity index is 387. The van der Waals surface area contributed by atoms with Crippen LogP contribution in [0.4, 0.5) is 0 Å². The molecule has 1 aromatic carbocycles. The summed E-state index contributed by atoms with van der Waals surface area (Å²) in [6, 6.07) is 5.71. The maximum absolute atomic E-state index is 11.5. The van der Waals surface area contributed by atoms with E-state index in [1.165, 1.54) is 0 Å². The van der Waals surface area contributed by atoms with Gasteiger partial charge in [-0.15, -0.1) is 0 Å². The standard InChI is InChI=1S/C13H17BrO3/c1-9-6-5-7-10(14)12(9)16-8-11(15)17-13(2,3)4/h5-7H,8H2,1-4H3. The van der Waals surface area contributed by atoms with E-state index in [2.05, 4.69) is 15.9 Å². The number of carbonyl (C=O) groups excluding carboxylic acids is 1. The number of para-hydroxylation sites is 1. The van der Waals surface area contributed by atoms with Gasteiger partial charge >= 0.3 is 5.97 Å². The second-order valence-electron chi connectivity index (χ2n) is 4.76. The molecular formula is C13H17BrO3. The van der Waals surface area contributed by atoms with Gasteiger partial charge in [-0.3, -0.25) is 0 Å². The molecule has 0 unspecified atom stereocenters. The molecule has 0 atom stereocenters. The van der Waals surface area contributed by atoms with Crippen molar-refractivity contribution < 1.29 is 14.3 Å². The number of rotatable bonds is 3. The molecular weight excluding hydrogens is 284 g/mol. The molecule has 17 heavy (non-hydrogen) atoms. The van der Waals surface area contributed by atoms with Crippen molar-refractivity contribution in [1.29, 1.82) is 0 Å². The van der Waals surface area contributed by atoms with E-state index in [-0.39, 0.29) is 12.6 Å². The van der Waals surface area contributed by atoms with Crippen molar-refractivity contribution in [3.63, 3.8) is 0 Å². The number of halogens is 1. The highest BCUT2D eigenvalue weighted by atomic mass is 79.9. The van der Waals surface area contributed by atoms with E-state index >= 15 is 0 Å². The van der Waals surface area contributed by atoms with Gasteiger partial charge in [-0.05, 0) is 55.3 Å². The summed E-state index contributed by atoms with van der Waals surface area (Å²) in [5.74, 6) is 0.311. The van der Waals surface area contributed by atoms with Crippen LogP contribution in [0.1, 0.15) is 26.3 Å². The predicted molar refractivity (Wildman–Crippen MR) is 70.2 cm³/mol. The molecule has 0 fully saturated rings. The predicted octanol–water partition coefficient (Wildman–Crippen LogP) is 3.48. The average molecular weight is 301 g/mol. The molecule has 0 aliphatic carbocycles. The smallest absolute Gasteiger partial charge is 0.344 e. The van der Waals surface area contributed by atoms with Gasteiger partial charge in [-0.25, -0.2) is 4.79 Å². The van der Waals surface area contributed by atoms with Gasteiger partial charge in [0, 0.05) is 0 Å². The lowest BCUT2D eigenvalue weighted by molar-refractivity contribution is -0.157. The quantitative estimate of drug-likeness (QED) is 0.802. The first-order chi connectivity index (χ1) is 7.79. The van der Waals surface area contributed by atoms with Crippen LogP contribution < -0.4 is 4.74 Å². The minimum absolute atomic E-state index is 0.0826. The molecule has 0 saturated carbocycles. The summed E-state index contributed by atoms with van der Waals surface area (Å²) < 4.78 is 11.4. The van der Waals surface area contributed by atoms with Crippen LogP contribution in [0.2, 0.25) is 0 Å². The van der Waals surface area contributed by atoms with Crippen molar-refractivity contribution in [3.05, 3.63) is 28.2 Å². The zero-order valence-corrected chi connectivity index (χ0v) is 12.1. The number of ether oxygens (including phenoxy) is 2. The SMILES string of the molecule is Cc1cccc(Br)c1OCC(=O)OC(C)(C)C. The Hall–Kier alpha value is -1.03. The fraction of sp³-hybridized carbons (Fsp3) is 0.462. The van der Waals surface area contributed by atoms with Crippen LogP contribution in [0.5, 0.6) is 5.75 Å². The average Bonchev–Trinajstić information content (AvgIpc) is 2.14. The van der Waals surface area contributed by atoms with Gasteiger partial charge < -0.3 is 9.47 Å². The van der Waals surface area contributed by atoms with E-state index in [0.29, 0.717) is 5.75 Å². The van der Waals surface area contributed by atoms with Gasteiger partial charge in [0.05, 0.1) is 4.47 Å². The normalized spacial score (nSPS) is 11.1.